The maximum absolute atomic E-state index is 13.9. The molecule has 2 aliphatic carbocycles. The van der Waals surface area contributed by atoms with Crippen LogP contribution in [0.1, 0.15) is 96.9 Å². The number of rotatable bonds is 8. The number of hydrogen-bond donors (Lipinski definition) is 3. The largest absolute Gasteiger partial charge is 0.453 e. The van der Waals surface area contributed by atoms with Crippen LogP contribution in [0.15, 0.2) is 73.1 Å². The standard InChI is InChI=1S/C46H53N7O5/c1-26(2)38(51-43(55)57-6)42(54)53-34-16-15-33(21-34)39(53)41-48-23-35(50-41)28-9-7-27(8-10-28)29-11-12-31-20-32(14-13-30(31)19-29)36-24-47-40(49-36)37-22-46(17-18-46)25-52(37)44(56)58-45(3,4)5/h7-14,19-20,23-24,26,33-34,37-39H,15-18,21-22,25H2,1-6H3,(H,47,49)(H,48,50)(H,51,55)/t33-,34?,37-,38-,39-/m0/s1. The highest BCUT2D eigenvalue weighted by Gasteiger charge is 2.55. The fourth-order valence-electron chi connectivity index (χ4n) is 9.59. The first kappa shape index (κ1) is 37.9. The predicted molar refractivity (Wildman–Crippen MR) is 221 cm³/mol. The molecule has 1 unspecified atom stereocenters. The number of methoxy groups -OCH3 is 1. The van der Waals surface area contributed by atoms with Crippen LogP contribution in [0.3, 0.4) is 0 Å². The van der Waals surface area contributed by atoms with Gasteiger partial charge in [-0.05, 0) is 116 Å². The topological polar surface area (TPSA) is 146 Å². The van der Waals surface area contributed by atoms with Crippen LogP contribution in [0.5, 0.6) is 0 Å². The monoisotopic (exact) mass is 783 g/mol. The van der Waals surface area contributed by atoms with E-state index in [1.54, 1.807) is 0 Å². The van der Waals surface area contributed by atoms with Crippen molar-refractivity contribution >= 4 is 28.9 Å². The Kier molecular flexibility index (Phi) is 9.36. The molecular weight excluding hydrogens is 731 g/mol. The molecule has 12 nitrogen and oxygen atoms in total. The van der Waals surface area contributed by atoms with Gasteiger partial charge >= 0.3 is 12.2 Å². The Morgan fingerprint density at radius 1 is 0.845 bits per heavy atom. The minimum Gasteiger partial charge on any atom is -0.453 e. The van der Waals surface area contributed by atoms with Crippen molar-refractivity contribution in [1.29, 1.82) is 0 Å². The molecule has 3 amide bonds. The lowest BCUT2D eigenvalue weighted by Gasteiger charge is -2.37. The van der Waals surface area contributed by atoms with Crippen LogP contribution in [0.25, 0.3) is 44.4 Å². The normalized spacial score (nSPS) is 22.5. The molecule has 4 heterocycles. The Balaban J connectivity index is 0.896. The number of carbonyl (C=O) groups is 3. The smallest absolute Gasteiger partial charge is 0.410 e. The van der Waals surface area contributed by atoms with E-state index in [4.69, 9.17) is 19.4 Å². The average molecular weight is 784 g/mol. The van der Waals surface area contributed by atoms with Gasteiger partial charge in [-0.1, -0.05) is 62.4 Å². The summed E-state index contributed by atoms with van der Waals surface area (Å²) < 4.78 is 10.6. The third-order valence-electron chi connectivity index (χ3n) is 12.8. The van der Waals surface area contributed by atoms with Gasteiger partial charge in [0.05, 0.1) is 43.0 Å². The van der Waals surface area contributed by atoms with E-state index in [1.807, 2.05) is 56.8 Å². The Labute approximate surface area is 339 Å². The van der Waals surface area contributed by atoms with Crippen molar-refractivity contribution in [2.75, 3.05) is 13.7 Å². The number of amides is 3. The third-order valence-corrected chi connectivity index (χ3v) is 12.8. The number of imidazole rings is 2. The van der Waals surface area contributed by atoms with E-state index in [-0.39, 0.29) is 41.5 Å². The zero-order valence-electron chi connectivity index (χ0n) is 34.2. The van der Waals surface area contributed by atoms with Crippen molar-refractivity contribution in [3.8, 4) is 33.6 Å². The maximum Gasteiger partial charge on any atom is 0.410 e. The van der Waals surface area contributed by atoms with Gasteiger partial charge in [-0.15, -0.1) is 0 Å². The highest BCUT2D eigenvalue weighted by atomic mass is 16.6. The summed E-state index contributed by atoms with van der Waals surface area (Å²) in [5.41, 5.74) is 5.75. The number of nitrogens with one attached hydrogen (secondary N) is 3. The summed E-state index contributed by atoms with van der Waals surface area (Å²) >= 11 is 0. The molecule has 1 spiro atoms. The van der Waals surface area contributed by atoms with E-state index in [2.05, 4.69) is 75.9 Å². The van der Waals surface area contributed by atoms with E-state index in [9.17, 15) is 14.4 Å². The molecular formula is C46H53N7O5. The van der Waals surface area contributed by atoms with Crippen LogP contribution < -0.4 is 5.32 Å². The van der Waals surface area contributed by atoms with Gasteiger partial charge in [0.2, 0.25) is 5.91 Å². The number of piperidine rings is 1. The minimum atomic E-state index is -0.672. The average Bonchev–Trinajstić information content (AvgIpc) is 3.83. The molecule has 4 aliphatic rings. The van der Waals surface area contributed by atoms with E-state index in [0.29, 0.717) is 5.92 Å². The number of H-pyrrole nitrogens is 2. The predicted octanol–water partition coefficient (Wildman–Crippen LogP) is 9.18. The summed E-state index contributed by atoms with van der Waals surface area (Å²) in [6.07, 6.45) is 9.01. The number of aromatic amines is 2. The van der Waals surface area contributed by atoms with Crippen molar-refractivity contribution in [2.45, 2.75) is 103 Å². The van der Waals surface area contributed by atoms with Crippen molar-refractivity contribution in [1.82, 2.24) is 35.1 Å². The SMILES string of the molecule is COC(=O)N[C@H](C(=O)N1C2CC[C@@H](C2)[C@H]1c1ncc(-c2ccc(-c3ccc4cc(-c5cnc([C@@H]6CC7(CC7)CN6C(=O)OC(C)(C)C)[nH]5)ccc4c3)cc2)[nH]1)C(C)C. The van der Waals surface area contributed by atoms with E-state index >= 15 is 0 Å². The molecule has 3 aromatic carbocycles. The molecule has 12 heteroatoms. The number of aromatic nitrogens is 4. The lowest BCUT2D eigenvalue weighted by molar-refractivity contribution is -0.139. The molecule has 5 aromatic rings. The van der Waals surface area contributed by atoms with Crippen LogP contribution in [0.4, 0.5) is 9.59 Å². The molecule has 5 atom stereocenters. The van der Waals surface area contributed by atoms with Gasteiger partial charge < -0.3 is 29.7 Å². The quantitative estimate of drug-likeness (QED) is 0.142. The van der Waals surface area contributed by atoms with Gasteiger partial charge in [0.1, 0.15) is 23.3 Å². The van der Waals surface area contributed by atoms with Gasteiger partial charge in [-0.25, -0.2) is 19.6 Å². The van der Waals surface area contributed by atoms with Crippen molar-refractivity contribution in [3.63, 3.8) is 0 Å². The zero-order valence-corrected chi connectivity index (χ0v) is 34.2. The number of ether oxygens (including phenoxy) is 2. The number of hydrogen-bond acceptors (Lipinski definition) is 7. The summed E-state index contributed by atoms with van der Waals surface area (Å²) in [4.78, 5) is 59.8. The molecule has 9 rings (SSSR count). The van der Waals surface area contributed by atoms with E-state index in [1.165, 1.54) is 7.11 Å². The Morgan fingerprint density at radius 2 is 1.47 bits per heavy atom. The van der Waals surface area contributed by atoms with Gasteiger partial charge in [-0.3, -0.25) is 9.69 Å². The van der Waals surface area contributed by atoms with Crippen molar-refractivity contribution in [3.05, 3.63) is 84.7 Å². The van der Waals surface area contributed by atoms with Gasteiger partial charge in [0, 0.05) is 18.2 Å². The first-order chi connectivity index (χ1) is 27.8. The van der Waals surface area contributed by atoms with Crippen molar-refractivity contribution in [2.24, 2.45) is 17.3 Å². The van der Waals surface area contributed by atoms with Crippen LogP contribution >= 0.6 is 0 Å². The molecule has 3 N–H and O–H groups in total. The second-order valence-corrected chi connectivity index (χ2v) is 18.3. The second kappa shape index (κ2) is 14.3. The van der Waals surface area contributed by atoms with Gasteiger partial charge in [-0.2, -0.15) is 0 Å². The van der Waals surface area contributed by atoms with E-state index in [0.717, 1.165) is 101 Å². The molecule has 2 saturated carbocycles. The molecule has 2 aliphatic heterocycles. The van der Waals surface area contributed by atoms with Gasteiger partial charge in [0.15, 0.2) is 0 Å². The number of benzene rings is 3. The number of alkyl carbamates (subject to hydrolysis) is 1. The summed E-state index contributed by atoms with van der Waals surface area (Å²) in [5.74, 6) is 1.74. The van der Waals surface area contributed by atoms with Crippen LogP contribution in [0, 0.1) is 17.3 Å². The number of likely N-dealkylation sites (tertiary alicyclic amines) is 2. The van der Waals surface area contributed by atoms with Crippen molar-refractivity contribution < 1.29 is 23.9 Å². The van der Waals surface area contributed by atoms with E-state index < -0.39 is 17.7 Å². The highest BCUT2D eigenvalue weighted by molar-refractivity contribution is 5.91. The fraction of sp³-hybridized carbons (Fsp3) is 0.457. The molecule has 0 radical (unpaired) electrons. The Bertz CT molecular complexity index is 2370. The molecule has 2 bridgehead atoms. The lowest BCUT2D eigenvalue weighted by atomic mass is 9.95. The number of nitrogens with zero attached hydrogens (tertiary/aromatic N) is 4. The summed E-state index contributed by atoms with van der Waals surface area (Å²) in [7, 11) is 1.31. The van der Waals surface area contributed by atoms with Crippen LogP contribution in [0.2, 0.25) is 0 Å². The number of fused-ring (bicyclic) bond motifs is 3. The van der Waals surface area contributed by atoms with Crippen LogP contribution in [-0.4, -0.2) is 79.2 Å². The summed E-state index contributed by atoms with van der Waals surface area (Å²) in [6.45, 7) is 10.3. The Hall–Kier alpha value is -5.65. The summed E-state index contributed by atoms with van der Waals surface area (Å²) in [5, 5.41) is 5.03. The maximum atomic E-state index is 13.9. The molecule has 58 heavy (non-hydrogen) atoms. The molecule has 302 valence electrons. The molecule has 2 aromatic heterocycles. The zero-order chi connectivity index (χ0) is 40.5. The first-order valence-electron chi connectivity index (χ1n) is 20.7. The summed E-state index contributed by atoms with van der Waals surface area (Å²) in [6, 6.07) is 20.6. The second-order valence-electron chi connectivity index (χ2n) is 18.3. The fourth-order valence-corrected chi connectivity index (χ4v) is 9.59. The number of carbonyl (C=O) groups excluding carboxylic acids is 3. The minimum absolute atomic E-state index is 0.0827. The molecule has 2 saturated heterocycles. The van der Waals surface area contributed by atoms with Gasteiger partial charge in [0.25, 0.3) is 0 Å². The highest BCUT2D eigenvalue weighted by Crippen LogP contribution is 2.58. The lowest BCUT2D eigenvalue weighted by Crippen LogP contribution is -2.54. The molecule has 4 fully saturated rings. The first-order valence-corrected chi connectivity index (χ1v) is 20.7. The van der Waals surface area contributed by atoms with Crippen LogP contribution in [-0.2, 0) is 14.3 Å². The Morgan fingerprint density at radius 3 is 2.14 bits per heavy atom. The third kappa shape index (κ3) is 7.11.